The van der Waals surface area contributed by atoms with Gasteiger partial charge in [-0.05, 0) is 56.0 Å². The van der Waals surface area contributed by atoms with Gasteiger partial charge in [0.05, 0.1) is 6.54 Å². The van der Waals surface area contributed by atoms with Crippen LogP contribution in [0.1, 0.15) is 40.7 Å². The second-order valence-electron chi connectivity index (χ2n) is 7.51. The number of nitrogens with zero attached hydrogens (tertiary/aromatic N) is 2. The highest BCUT2D eigenvalue weighted by molar-refractivity contribution is 5.96. The molecule has 5 heteroatoms. The molecule has 0 unspecified atom stereocenters. The Morgan fingerprint density at radius 2 is 1.61 bits per heavy atom. The van der Waals surface area contributed by atoms with Crippen molar-refractivity contribution in [2.75, 3.05) is 31.6 Å². The molecule has 2 aromatic carbocycles. The van der Waals surface area contributed by atoms with Crippen LogP contribution in [0.4, 0.5) is 5.69 Å². The molecular weight excluding hydrogens is 350 g/mol. The van der Waals surface area contributed by atoms with E-state index in [0.717, 1.165) is 24.2 Å². The first kappa shape index (κ1) is 19.9. The molecule has 2 aromatic rings. The van der Waals surface area contributed by atoms with Gasteiger partial charge in [-0.1, -0.05) is 29.8 Å². The average Bonchev–Trinajstić information content (AvgIpc) is 2.73. The van der Waals surface area contributed by atoms with Crippen molar-refractivity contribution in [3.63, 3.8) is 0 Å². The molecule has 1 aliphatic heterocycles. The summed E-state index contributed by atoms with van der Waals surface area (Å²) >= 11 is 0. The molecule has 0 spiro atoms. The number of carbonyl (C=O) groups is 2. The van der Waals surface area contributed by atoms with Crippen molar-refractivity contribution in [3.05, 3.63) is 65.2 Å². The Kier molecular flexibility index (Phi) is 6.69. The Morgan fingerprint density at radius 1 is 0.964 bits per heavy atom. The molecule has 1 saturated heterocycles. The van der Waals surface area contributed by atoms with E-state index < -0.39 is 0 Å². The van der Waals surface area contributed by atoms with Gasteiger partial charge in [0, 0.05) is 37.9 Å². The minimum atomic E-state index is -0.229. The minimum Gasteiger partial charge on any atom is -0.372 e. The molecular formula is C23H29N3O2. The summed E-state index contributed by atoms with van der Waals surface area (Å²) in [5.41, 5.74) is 4.00. The van der Waals surface area contributed by atoms with Gasteiger partial charge in [-0.2, -0.15) is 0 Å². The lowest BCUT2D eigenvalue weighted by molar-refractivity contribution is -0.129. The van der Waals surface area contributed by atoms with Crippen LogP contribution in [0.3, 0.4) is 0 Å². The van der Waals surface area contributed by atoms with Crippen LogP contribution < -0.4 is 10.2 Å². The van der Waals surface area contributed by atoms with Crippen LogP contribution >= 0.6 is 0 Å². The summed E-state index contributed by atoms with van der Waals surface area (Å²) < 4.78 is 0. The highest BCUT2D eigenvalue weighted by Gasteiger charge is 2.13. The molecule has 0 aliphatic carbocycles. The number of benzene rings is 2. The van der Waals surface area contributed by atoms with Gasteiger partial charge in [0.1, 0.15) is 0 Å². The molecule has 148 valence electrons. The van der Waals surface area contributed by atoms with E-state index in [1.54, 1.807) is 24.1 Å². The standard InChI is InChI=1S/C23H29N3O2/c1-18-6-10-20(11-7-18)23(28)24-16-22(27)25(2)17-19-8-12-21(13-9-19)26-14-4-3-5-15-26/h6-13H,3-5,14-17H2,1-2H3,(H,24,28). The zero-order valence-corrected chi connectivity index (χ0v) is 16.8. The molecule has 0 aromatic heterocycles. The van der Waals surface area contributed by atoms with E-state index in [4.69, 9.17) is 0 Å². The van der Waals surface area contributed by atoms with Crippen LogP contribution in [-0.4, -0.2) is 43.4 Å². The summed E-state index contributed by atoms with van der Waals surface area (Å²) in [4.78, 5) is 28.6. The quantitative estimate of drug-likeness (QED) is 0.837. The molecule has 2 amide bonds. The zero-order valence-electron chi connectivity index (χ0n) is 16.8. The molecule has 1 N–H and O–H groups in total. The van der Waals surface area contributed by atoms with Crippen LogP contribution in [0.5, 0.6) is 0 Å². The Bertz CT molecular complexity index is 794. The van der Waals surface area contributed by atoms with Crippen molar-refractivity contribution in [1.82, 2.24) is 10.2 Å². The first-order chi connectivity index (χ1) is 13.5. The van der Waals surface area contributed by atoms with E-state index in [1.807, 2.05) is 19.1 Å². The van der Waals surface area contributed by atoms with Gasteiger partial charge >= 0.3 is 0 Å². The number of amides is 2. The Hall–Kier alpha value is -2.82. The van der Waals surface area contributed by atoms with Crippen LogP contribution in [0.25, 0.3) is 0 Å². The number of nitrogens with one attached hydrogen (secondary N) is 1. The lowest BCUT2D eigenvalue weighted by Crippen LogP contribution is -2.37. The average molecular weight is 380 g/mol. The fraction of sp³-hybridized carbons (Fsp3) is 0.391. The van der Waals surface area contributed by atoms with E-state index in [2.05, 4.69) is 34.5 Å². The molecule has 3 rings (SSSR count). The first-order valence-electron chi connectivity index (χ1n) is 9.95. The largest absolute Gasteiger partial charge is 0.372 e. The van der Waals surface area contributed by atoms with E-state index in [0.29, 0.717) is 12.1 Å². The second kappa shape index (κ2) is 9.40. The summed E-state index contributed by atoms with van der Waals surface area (Å²) in [5.74, 6) is -0.340. The van der Waals surface area contributed by atoms with E-state index in [-0.39, 0.29) is 18.4 Å². The van der Waals surface area contributed by atoms with Crippen molar-refractivity contribution in [2.24, 2.45) is 0 Å². The molecule has 5 nitrogen and oxygen atoms in total. The minimum absolute atomic E-state index is 0.00489. The predicted octanol–water partition coefficient (Wildman–Crippen LogP) is 3.37. The molecule has 1 aliphatic rings. The smallest absolute Gasteiger partial charge is 0.251 e. The molecule has 0 atom stereocenters. The van der Waals surface area contributed by atoms with Crippen molar-refractivity contribution < 1.29 is 9.59 Å². The summed E-state index contributed by atoms with van der Waals surface area (Å²) in [6, 6.07) is 15.7. The Balaban J connectivity index is 1.48. The number of piperidine rings is 1. The van der Waals surface area contributed by atoms with Gasteiger partial charge in [0.2, 0.25) is 5.91 Å². The van der Waals surface area contributed by atoms with E-state index in [1.165, 1.54) is 24.9 Å². The van der Waals surface area contributed by atoms with Crippen LogP contribution in [0, 0.1) is 6.92 Å². The summed E-state index contributed by atoms with van der Waals surface area (Å²) in [6.07, 6.45) is 3.84. The van der Waals surface area contributed by atoms with Crippen LogP contribution in [-0.2, 0) is 11.3 Å². The van der Waals surface area contributed by atoms with Gasteiger partial charge in [-0.3, -0.25) is 9.59 Å². The Labute approximate surface area is 167 Å². The number of hydrogen-bond acceptors (Lipinski definition) is 3. The number of aryl methyl sites for hydroxylation is 1. The van der Waals surface area contributed by atoms with Gasteiger partial charge in [-0.15, -0.1) is 0 Å². The first-order valence-corrected chi connectivity index (χ1v) is 9.95. The maximum atomic E-state index is 12.4. The topological polar surface area (TPSA) is 52.7 Å². The zero-order chi connectivity index (χ0) is 19.9. The third-order valence-corrected chi connectivity index (χ3v) is 5.22. The number of anilines is 1. The molecule has 0 radical (unpaired) electrons. The van der Waals surface area contributed by atoms with Crippen molar-refractivity contribution in [1.29, 1.82) is 0 Å². The molecule has 1 fully saturated rings. The third-order valence-electron chi connectivity index (χ3n) is 5.22. The van der Waals surface area contributed by atoms with Crippen LogP contribution in [0.15, 0.2) is 48.5 Å². The summed E-state index contributed by atoms with van der Waals surface area (Å²) in [6.45, 7) is 4.74. The van der Waals surface area contributed by atoms with E-state index >= 15 is 0 Å². The highest BCUT2D eigenvalue weighted by Crippen LogP contribution is 2.20. The monoisotopic (exact) mass is 379 g/mol. The predicted molar refractivity (Wildman–Crippen MR) is 112 cm³/mol. The van der Waals surface area contributed by atoms with E-state index in [9.17, 15) is 9.59 Å². The molecule has 0 bridgehead atoms. The van der Waals surface area contributed by atoms with Gasteiger partial charge < -0.3 is 15.1 Å². The summed E-state index contributed by atoms with van der Waals surface area (Å²) in [5, 5.41) is 2.70. The molecule has 28 heavy (non-hydrogen) atoms. The van der Waals surface area contributed by atoms with Crippen molar-refractivity contribution in [2.45, 2.75) is 32.7 Å². The lowest BCUT2D eigenvalue weighted by atomic mass is 10.1. The highest BCUT2D eigenvalue weighted by atomic mass is 16.2. The molecule has 1 heterocycles. The number of carbonyl (C=O) groups excluding carboxylic acids is 2. The summed E-state index contributed by atoms with van der Waals surface area (Å²) in [7, 11) is 1.76. The maximum Gasteiger partial charge on any atom is 0.251 e. The van der Waals surface area contributed by atoms with Crippen LogP contribution in [0.2, 0.25) is 0 Å². The SMILES string of the molecule is Cc1ccc(C(=O)NCC(=O)N(C)Cc2ccc(N3CCCCC3)cc2)cc1. The normalized spacial score (nSPS) is 13.9. The maximum absolute atomic E-state index is 12.4. The van der Waals surface area contributed by atoms with Crippen molar-refractivity contribution in [3.8, 4) is 0 Å². The number of rotatable bonds is 6. The number of hydrogen-bond donors (Lipinski definition) is 1. The fourth-order valence-corrected chi connectivity index (χ4v) is 3.42. The Morgan fingerprint density at radius 3 is 2.25 bits per heavy atom. The third kappa shape index (κ3) is 5.35. The lowest BCUT2D eigenvalue weighted by Gasteiger charge is -2.29. The second-order valence-corrected chi connectivity index (χ2v) is 7.51. The number of likely N-dealkylation sites (N-methyl/N-ethyl adjacent to an activating group) is 1. The van der Waals surface area contributed by atoms with Gasteiger partial charge in [0.15, 0.2) is 0 Å². The van der Waals surface area contributed by atoms with Gasteiger partial charge in [-0.25, -0.2) is 0 Å². The molecule has 0 saturated carbocycles. The van der Waals surface area contributed by atoms with Gasteiger partial charge in [0.25, 0.3) is 5.91 Å². The fourth-order valence-electron chi connectivity index (χ4n) is 3.42. The van der Waals surface area contributed by atoms with Crippen molar-refractivity contribution >= 4 is 17.5 Å².